The predicted octanol–water partition coefficient (Wildman–Crippen LogP) is 3.37. The van der Waals surface area contributed by atoms with Crippen molar-refractivity contribution in [3.8, 4) is 5.75 Å². The van der Waals surface area contributed by atoms with E-state index >= 15 is 0 Å². The Morgan fingerprint density at radius 1 is 1.37 bits per heavy atom. The third-order valence-electron chi connectivity index (χ3n) is 4.10. The summed E-state index contributed by atoms with van der Waals surface area (Å²) in [7, 11) is 3.76. The van der Waals surface area contributed by atoms with E-state index in [1.807, 2.05) is 12.1 Å². The van der Waals surface area contributed by atoms with Gasteiger partial charge >= 0.3 is 0 Å². The first-order valence-corrected chi connectivity index (χ1v) is 7.19. The van der Waals surface area contributed by atoms with Crippen LogP contribution in [0.2, 0.25) is 0 Å². The Hall–Kier alpha value is -1.22. The Labute approximate surface area is 116 Å². The van der Waals surface area contributed by atoms with E-state index in [4.69, 9.17) is 4.74 Å². The van der Waals surface area contributed by atoms with E-state index in [2.05, 4.69) is 18.0 Å². The van der Waals surface area contributed by atoms with Crippen molar-refractivity contribution in [2.75, 3.05) is 25.6 Å². The molecule has 0 bridgehead atoms. The molecule has 1 aliphatic carbocycles. The van der Waals surface area contributed by atoms with Crippen molar-refractivity contribution in [2.45, 2.75) is 38.7 Å². The molecule has 2 rings (SSSR count). The highest BCUT2D eigenvalue weighted by atomic mass is 16.5. The lowest BCUT2D eigenvalue weighted by atomic mass is 10.0. The Morgan fingerprint density at radius 3 is 2.63 bits per heavy atom. The Balaban J connectivity index is 2.22. The number of rotatable bonds is 5. The molecule has 1 N–H and O–H groups in total. The Morgan fingerprint density at radius 2 is 2.05 bits per heavy atom. The topological polar surface area (TPSA) is 32.7 Å². The minimum atomic E-state index is -0.517. The zero-order valence-electron chi connectivity index (χ0n) is 12.2. The normalized spacial score (nSPS) is 17.5. The molecule has 19 heavy (non-hydrogen) atoms. The highest BCUT2D eigenvalue weighted by molar-refractivity contribution is 5.60. The average Bonchev–Trinajstić information content (AvgIpc) is 2.90. The standard InChI is InChI=1S/C16H25NO2/c1-12(18)16-14(9-6-10-15(16)19-3)17(2)11-13-7-4-5-8-13/h6,9-10,12-13,18H,4-5,7-8,11H2,1-3H3/t12-/m0/s1. The van der Waals surface area contributed by atoms with Crippen LogP contribution in [0.4, 0.5) is 5.69 Å². The molecule has 0 aromatic heterocycles. The highest BCUT2D eigenvalue weighted by Crippen LogP contribution is 2.35. The largest absolute Gasteiger partial charge is 0.496 e. The van der Waals surface area contributed by atoms with Crippen LogP contribution in [0.3, 0.4) is 0 Å². The minimum Gasteiger partial charge on any atom is -0.496 e. The third kappa shape index (κ3) is 3.21. The quantitative estimate of drug-likeness (QED) is 0.884. The molecule has 0 heterocycles. The van der Waals surface area contributed by atoms with Gasteiger partial charge in [-0.3, -0.25) is 0 Å². The van der Waals surface area contributed by atoms with Crippen LogP contribution in [0, 0.1) is 5.92 Å². The van der Waals surface area contributed by atoms with Crippen LogP contribution in [0.1, 0.15) is 44.3 Å². The number of hydrogen-bond acceptors (Lipinski definition) is 3. The number of hydrogen-bond donors (Lipinski definition) is 1. The van der Waals surface area contributed by atoms with Gasteiger partial charge in [0.25, 0.3) is 0 Å². The van der Waals surface area contributed by atoms with Crippen LogP contribution in [0.5, 0.6) is 5.75 Å². The van der Waals surface area contributed by atoms with Gasteiger partial charge in [-0.15, -0.1) is 0 Å². The van der Waals surface area contributed by atoms with Crippen molar-refractivity contribution in [3.05, 3.63) is 23.8 Å². The number of nitrogens with zero attached hydrogens (tertiary/aromatic N) is 1. The lowest BCUT2D eigenvalue weighted by molar-refractivity contribution is 0.194. The molecule has 0 radical (unpaired) electrons. The second-order valence-corrected chi connectivity index (χ2v) is 5.60. The summed E-state index contributed by atoms with van der Waals surface area (Å²) in [6.45, 7) is 2.86. The fourth-order valence-corrected chi connectivity index (χ4v) is 3.14. The van der Waals surface area contributed by atoms with Crippen molar-refractivity contribution in [1.82, 2.24) is 0 Å². The minimum absolute atomic E-state index is 0.517. The summed E-state index contributed by atoms with van der Waals surface area (Å²) >= 11 is 0. The van der Waals surface area contributed by atoms with E-state index in [0.29, 0.717) is 0 Å². The molecule has 1 aromatic carbocycles. The molecule has 3 heteroatoms. The molecule has 1 atom stereocenters. The van der Waals surface area contributed by atoms with E-state index in [0.717, 1.165) is 29.5 Å². The molecule has 1 aliphatic rings. The molecule has 106 valence electrons. The zero-order chi connectivity index (χ0) is 13.8. The Kier molecular flexibility index (Phi) is 4.70. The molecule has 0 aliphatic heterocycles. The van der Waals surface area contributed by atoms with Gasteiger partial charge in [0.2, 0.25) is 0 Å². The summed E-state index contributed by atoms with van der Waals surface area (Å²) in [6, 6.07) is 5.97. The van der Waals surface area contributed by atoms with Crippen LogP contribution in [0.15, 0.2) is 18.2 Å². The van der Waals surface area contributed by atoms with Crippen molar-refractivity contribution in [2.24, 2.45) is 5.92 Å². The van der Waals surface area contributed by atoms with Crippen LogP contribution >= 0.6 is 0 Å². The second kappa shape index (κ2) is 6.29. The fraction of sp³-hybridized carbons (Fsp3) is 0.625. The molecular formula is C16H25NO2. The van der Waals surface area contributed by atoms with Crippen LogP contribution in [-0.2, 0) is 0 Å². The molecular weight excluding hydrogens is 238 g/mol. The first kappa shape index (κ1) is 14.2. The molecule has 1 saturated carbocycles. The maximum Gasteiger partial charge on any atom is 0.126 e. The van der Waals surface area contributed by atoms with E-state index in [1.165, 1.54) is 25.7 Å². The van der Waals surface area contributed by atoms with Gasteiger partial charge in [0.05, 0.1) is 13.2 Å². The summed E-state index contributed by atoms with van der Waals surface area (Å²) in [6.07, 6.45) is 4.87. The maximum atomic E-state index is 10.0. The zero-order valence-corrected chi connectivity index (χ0v) is 12.2. The smallest absolute Gasteiger partial charge is 0.126 e. The lowest BCUT2D eigenvalue weighted by Gasteiger charge is -2.27. The summed E-state index contributed by atoms with van der Waals surface area (Å²) in [5, 5.41) is 10.0. The van der Waals surface area contributed by atoms with Gasteiger partial charge in [-0.05, 0) is 37.8 Å². The number of methoxy groups -OCH3 is 1. The van der Waals surface area contributed by atoms with E-state index in [1.54, 1.807) is 14.0 Å². The van der Waals surface area contributed by atoms with Crippen molar-refractivity contribution in [1.29, 1.82) is 0 Å². The van der Waals surface area contributed by atoms with E-state index < -0.39 is 6.10 Å². The number of benzene rings is 1. The monoisotopic (exact) mass is 263 g/mol. The van der Waals surface area contributed by atoms with Crippen LogP contribution in [-0.4, -0.2) is 25.8 Å². The molecule has 0 saturated heterocycles. The SMILES string of the molecule is COc1cccc(N(C)CC2CCCC2)c1[C@H](C)O. The summed E-state index contributed by atoms with van der Waals surface area (Å²) in [5.74, 6) is 1.56. The molecule has 3 nitrogen and oxygen atoms in total. The number of aliphatic hydroxyl groups excluding tert-OH is 1. The second-order valence-electron chi connectivity index (χ2n) is 5.60. The third-order valence-corrected chi connectivity index (χ3v) is 4.10. The van der Waals surface area contributed by atoms with E-state index in [9.17, 15) is 5.11 Å². The Bertz CT molecular complexity index is 411. The number of anilines is 1. The maximum absolute atomic E-state index is 10.0. The van der Waals surface area contributed by atoms with Gasteiger partial charge < -0.3 is 14.7 Å². The highest BCUT2D eigenvalue weighted by Gasteiger charge is 2.21. The van der Waals surface area contributed by atoms with Crippen LogP contribution in [0.25, 0.3) is 0 Å². The van der Waals surface area contributed by atoms with Gasteiger partial charge in [-0.25, -0.2) is 0 Å². The average molecular weight is 263 g/mol. The molecule has 0 spiro atoms. The van der Waals surface area contributed by atoms with Crippen molar-refractivity contribution in [3.63, 3.8) is 0 Å². The molecule has 1 fully saturated rings. The van der Waals surface area contributed by atoms with E-state index in [-0.39, 0.29) is 0 Å². The van der Waals surface area contributed by atoms with Crippen LogP contribution < -0.4 is 9.64 Å². The van der Waals surface area contributed by atoms with Crippen molar-refractivity contribution < 1.29 is 9.84 Å². The fourth-order valence-electron chi connectivity index (χ4n) is 3.14. The number of aliphatic hydroxyl groups is 1. The van der Waals surface area contributed by atoms with Gasteiger partial charge in [-0.2, -0.15) is 0 Å². The summed E-state index contributed by atoms with van der Waals surface area (Å²) in [4.78, 5) is 2.26. The predicted molar refractivity (Wildman–Crippen MR) is 78.9 cm³/mol. The van der Waals surface area contributed by atoms with Gasteiger partial charge in [0, 0.05) is 24.8 Å². The summed E-state index contributed by atoms with van der Waals surface area (Å²) in [5.41, 5.74) is 1.98. The first-order chi connectivity index (χ1) is 9.13. The van der Waals surface area contributed by atoms with Gasteiger partial charge in [0.15, 0.2) is 0 Å². The summed E-state index contributed by atoms with van der Waals surface area (Å²) < 4.78 is 5.38. The molecule has 0 amide bonds. The van der Waals surface area contributed by atoms with Gasteiger partial charge in [-0.1, -0.05) is 18.9 Å². The van der Waals surface area contributed by atoms with Crippen molar-refractivity contribution >= 4 is 5.69 Å². The van der Waals surface area contributed by atoms with Gasteiger partial charge in [0.1, 0.15) is 5.75 Å². The molecule has 1 aromatic rings. The lowest BCUT2D eigenvalue weighted by Crippen LogP contribution is -2.25. The molecule has 0 unspecified atom stereocenters. The number of ether oxygens (including phenoxy) is 1. The first-order valence-electron chi connectivity index (χ1n) is 7.19.